The summed E-state index contributed by atoms with van der Waals surface area (Å²) in [6, 6.07) is 0.406. The molecule has 0 saturated carbocycles. The van der Waals surface area contributed by atoms with Gasteiger partial charge in [-0.1, -0.05) is 0 Å². The predicted octanol–water partition coefficient (Wildman–Crippen LogP) is 1.34. The molecule has 0 bridgehead atoms. The number of ketones is 1. The monoisotopic (exact) mass is 195 g/mol. The van der Waals surface area contributed by atoms with E-state index in [9.17, 15) is 4.79 Å². The fraction of sp³-hybridized carbons (Fsp3) is 0.727. The third-order valence-corrected chi connectivity index (χ3v) is 2.93. The zero-order valence-corrected chi connectivity index (χ0v) is 8.82. The Hall–Kier alpha value is -0.830. The second-order valence-corrected chi connectivity index (χ2v) is 4.25. The van der Waals surface area contributed by atoms with Gasteiger partial charge in [-0.15, -0.1) is 0 Å². The Morgan fingerprint density at radius 3 is 2.86 bits per heavy atom. The highest BCUT2D eigenvalue weighted by molar-refractivity contribution is 5.92. The fourth-order valence-electron chi connectivity index (χ4n) is 2.11. The van der Waals surface area contributed by atoms with Gasteiger partial charge in [-0.2, -0.15) is 0 Å². The number of nitrogens with zero attached hydrogens (tertiary/aromatic N) is 1. The van der Waals surface area contributed by atoms with Gasteiger partial charge in [-0.3, -0.25) is 4.79 Å². The summed E-state index contributed by atoms with van der Waals surface area (Å²) in [7, 11) is 0. The van der Waals surface area contributed by atoms with Crippen LogP contribution in [0, 0.1) is 0 Å². The van der Waals surface area contributed by atoms with Crippen LogP contribution in [0.3, 0.4) is 0 Å². The largest absolute Gasteiger partial charge is 0.375 e. The molecule has 1 aliphatic heterocycles. The Balaban J connectivity index is 2.08. The smallest absolute Gasteiger partial charge is 0.157 e. The van der Waals surface area contributed by atoms with Crippen molar-refractivity contribution in [2.75, 3.05) is 13.2 Å². The molecule has 78 valence electrons. The molecular formula is C11H17NO2. The van der Waals surface area contributed by atoms with Crippen LogP contribution in [0.4, 0.5) is 0 Å². The number of hydrogen-bond acceptors (Lipinski definition) is 3. The third-order valence-electron chi connectivity index (χ3n) is 2.93. The van der Waals surface area contributed by atoms with Gasteiger partial charge < -0.3 is 9.64 Å². The number of carbonyl (C=O) groups is 1. The maximum Gasteiger partial charge on any atom is 0.157 e. The molecule has 1 saturated heterocycles. The average molecular weight is 195 g/mol. The summed E-state index contributed by atoms with van der Waals surface area (Å²) in [5.74, 6) is 0.270. The highest BCUT2D eigenvalue weighted by Gasteiger charge is 2.27. The van der Waals surface area contributed by atoms with Crippen molar-refractivity contribution >= 4 is 5.78 Å². The number of morpholine rings is 1. The first-order valence-electron chi connectivity index (χ1n) is 5.28. The molecule has 0 spiro atoms. The predicted molar refractivity (Wildman–Crippen MR) is 53.9 cm³/mol. The Kier molecular flexibility index (Phi) is 2.59. The quantitative estimate of drug-likeness (QED) is 0.632. The van der Waals surface area contributed by atoms with Gasteiger partial charge in [0, 0.05) is 30.8 Å². The molecule has 14 heavy (non-hydrogen) atoms. The normalized spacial score (nSPS) is 33.4. The van der Waals surface area contributed by atoms with Crippen molar-refractivity contribution in [3.05, 3.63) is 11.8 Å². The van der Waals surface area contributed by atoms with Crippen molar-refractivity contribution in [3.8, 4) is 0 Å². The van der Waals surface area contributed by atoms with Crippen molar-refractivity contribution < 1.29 is 9.53 Å². The minimum Gasteiger partial charge on any atom is -0.375 e. The summed E-state index contributed by atoms with van der Waals surface area (Å²) in [4.78, 5) is 13.5. The Morgan fingerprint density at radius 2 is 2.21 bits per heavy atom. The molecule has 1 aliphatic carbocycles. The number of carbonyl (C=O) groups excluding carboxylic acids is 1. The van der Waals surface area contributed by atoms with Gasteiger partial charge >= 0.3 is 0 Å². The average Bonchev–Trinajstić information content (AvgIpc) is 2.56. The van der Waals surface area contributed by atoms with E-state index >= 15 is 0 Å². The maximum absolute atomic E-state index is 11.2. The standard InChI is InChI=1S/C11H17NO2/c1-8-7-14-9(2)6-12(8)10-3-4-11(13)5-10/h5,8-9H,3-4,6-7H2,1-2H3. The molecule has 0 radical (unpaired) electrons. The SMILES string of the molecule is CC1CN(C2=CC(=O)CC2)C(C)CO1. The van der Waals surface area contributed by atoms with Gasteiger partial charge in [0.25, 0.3) is 0 Å². The van der Waals surface area contributed by atoms with Gasteiger partial charge in [0.05, 0.1) is 12.7 Å². The molecule has 0 aromatic heterocycles. The molecule has 2 aliphatic rings. The first-order chi connectivity index (χ1) is 6.66. The summed E-state index contributed by atoms with van der Waals surface area (Å²) in [5, 5.41) is 0. The van der Waals surface area contributed by atoms with Gasteiger partial charge in [0.15, 0.2) is 5.78 Å². The van der Waals surface area contributed by atoms with E-state index in [1.807, 2.05) is 0 Å². The minimum absolute atomic E-state index is 0.270. The zero-order chi connectivity index (χ0) is 10.1. The molecule has 1 heterocycles. The van der Waals surface area contributed by atoms with E-state index in [2.05, 4.69) is 18.7 Å². The second kappa shape index (κ2) is 3.73. The summed E-state index contributed by atoms with van der Waals surface area (Å²) in [5.41, 5.74) is 1.21. The lowest BCUT2D eigenvalue weighted by Gasteiger charge is -2.39. The van der Waals surface area contributed by atoms with E-state index in [1.165, 1.54) is 5.70 Å². The van der Waals surface area contributed by atoms with Crippen molar-refractivity contribution in [2.45, 2.75) is 38.8 Å². The molecule has 3 nitrogen and oxygen atoms in total. The fourth-order valence-corrected chi connectivity index (χ4v) is 2.11. The number of rotatable bonds is 1. The van der Waals surface area contributed by atoms with Crippen molar-refractivity contribution in [1.29, 1.82) is 0 Å². The molecule has 0 amide bonds. The number of hydrogen-bond donors (Lipinski definition) is 0. The van der Waals surface area contributed by atoms with Crippen LogP contribution < -0.4 is 0 Å². The van der Waals surface area contributed by atoms with Crippen molar-refractivity contribution in [1.82, 2.24) is 4.90 Å². The first-order valence-corrected chi connectivity index (χ1v) is 5.28. The van der Waals surface area contributed by atoms with E-state index in [-0.39, 0.29) is 11.9 Å². The topological polar surface area (TPSA) is 29.5 Å². The third kappa shape index (κ3) is 1.82. The van der Waals surface area contributed by atoms with E-state index in [0.29, 0.717) is 12.5 Å². The highest BCUT2D eigenvalue weighted by Crippen LogP contribution is 2.24. The number of ether oxygens (including phenoxy) is 1. The maximum atomic E-state index is 11.2. The minimum atomic E-state index is 0.270. The van der Waals surface area contributed by atoms with Crippen LogP contribution in [0.15, 0.2) is 11.8 Å². The lowest BCUT2D eigenvalue weighted by atomic mass is 10.1. The second-order valence-electron chi connectivity index (χ2n) is 4.25. The van der Waals surface area contributed by atoms with E-state index in [1.54, 1.807) is 6.08 Å². The molecule has 0 aromatic carbocycles. The van der Waals surface area contributed by atoms with E-state index < -0.39 is 0 Å². The van der Waals surface area contributed by atoms with Crippen LogP contribution in [0.2, 0.25) is 0 Å². The molecule has 3 heteroatoms. The Morgan fingerprint density at radius 1 is 1.43 bits per heavy atom. The first kappa shape index (κ1) is 9.71. The van der Waals surface area contributed by atoms with E-state index in [0.717, 1.165) is 19.6 Å². The molecule has 2 unspecified atom stereocenters. The van der Waals surface area contributed by atoms with Crippen LogP contribution in [0.1, 0.15) is 26.7 Å². The molecule has 2 rings (SSSR count). The summed E-state index contributed by atoms with van der Waals surface area (Å²) < 4.78 is 5.55. The van der Waals surface area contributed by atoms with Gasteiger partial charge in [0.2, 0.25) is 0 Å². The van der Waals surface area contributed by atoms with Crippen LogP contribution >= 0.6 is 0 Å². The van der Waals surface area contributed by atoms with Crippen LogP contribution in [-0.4, -0.2) is 36.0 Å². The molecule has 0 aromatic rings. The number of allylic oxidation sites excluding steroid dienone is 2. The van der Waals surface area contributed by atoms with Gasteiger partial charge in [0.1, 0.15) is 0 Å². The Bertz CT molecular complexity index is 272. The Labute approximate surface area is 84.7 Å². The molecule has 0 N–H and O–H groups in total. The van der Waals surface area contributed by atoms with Crippen LogP contribution in [0.25, 0.3) is 0 Å². The van der Waals surface area contributed by atoms with Crippen molar-refractivity contribution in [2.24, 2.45) is 0 Å². The van der Waals surface area contributed by atoms with Crippen molar-refractivity contribution in [3.63, 3.8) is 0 Å². The summed E-state index contributed by atoms with van der Waals surface area (Å²) >= 11 is 0. The zero-order valence-electron chi connectivity index (χ0n) is 8.82. The van der Waals surface area contributed by atoms with E-state index in [4.69, 9.17) is 4.74 Å². The summed E-state index contributed by atoms with van der Waals surface area (Å²) in [6.45, 7) is 5.92. The lowest BCUT2D eigenvalue weighted by molar-refractivity contribution is -0.114. The molecular weight excluding hydrogens is 178 g/mol. The highest BCUT2D eigenvalue weighted by atomic mass is 16.5. The molecule has 2 atom stereocenters. The summed E-state index contributed by atoms with van der Waals surface area (Å²) in [6.07, 6.45) is 3.68. The van der Waals surface area contributed by atoms with Crippen LogP contribution in [-0.2, 0) is 9.53 Å². The van der Waals surface area contributed by atoms with Gasteiger partial charge in [-0.05, 0) is 20.3 Å². The molecule has 1 fully saturated rings. The van der Waals surface area contributed by atoms with Crippen LogP contribution in [0.5, 0.6) is 0 Å². The van der Waals surface area contributed by atoms with Gasteiger partial charge in [-0.25, -0.2) is 0 Å². The lowest BCUT2D eigenvalue weighted by Crippen LogP contribution is -2.46.